The monoisotopic (exact) mass is 631 g/mol. The summed E-state index contributed by atoms with van der Waals surface area (Å²) in [6, 6.07) is 25.9. The van der Waals surface area contributed by atoms with Gasteiger partial charge >= 0.3 is 0 Å². The first-order valence-corrected chi connectivity index (χ1v) is 15.2. The lowest BCUT2D eigenvalue weighted by atomic mass is 9.78. The summed E-state index contributed by atoms with van der Waals surface area (Å²) in [7, 11) is 0. The second-order valence-corrected chi connectivity index (χ2v) is 11.9. The number of carbonyl (C=O) groups excluding carboxylic acids is 1. The topological polar surface area (TPSA) is 131 Å². The Bertz CT molecular complexity index is 1630. The lowest BCUT2D eigenvalue weighted by Crippen LogP contribution is -2.55. The Labute approximate surface area is 264 Å². The molecule has 0 unspecified atom stereocenters. The second-order valence-electron chi connectivity index (χ2n) is 11.9. The van der Waals surface area contributed by atoms with Crippen molar-refractivity contribution in [2.24, 2.45) is 5.92 Å². The molecular formula is C36H35F2NO7. The van der Waals surface area contributed by atoms with E-state index < -0.39 is 60.8 Å². The average Bonchev–Trinajstić information content (AvgIpc) is 3.07. The van der Waals surface area contributed by atoms with Crippen LogP contribution in [0.1, 0.15) is 47.8 Å². The van der Waals surface area contributed by atoms with Crippen LogP contribution in [0.2, 0.25) is 0 Å². The molecule has 0 aromatic heterocycles. The van der Waals surface area contributed by atoms with E-state index in [-0.39, 0.29) is 11.9 Å². The van der Waals surface area contributed by atoms with Gasteiger partial charge in [0, 0.05) is 5.69 Å². The minimum absolute atomic E-state index is 0.129. The summed E-state index contributed by atoms with van der Waals surface area (Å²) in [4.78, 5) is 15.0. The van der Waals surface area contributed by atoms with Gasteiger partial charge in [-0.1, -0.05) is 60.7 Å². The van der Waals surface area contributed by atoms with Crippen LogP contribution in [0.4, 0.5) is 14.5 Å². The Morgan fingerprint density at radius 1 is 0.717 bits per heavy atom. The molecule has 2 aliphatic rings. The maximum atomic E-state index is 13.7. The molecule has 2 aliphatic heterocycles. The highest BCUT2D eigenvalue weighted by Crippen LogP contribution is 2.46. The molecule has 4 aromatic carbocycles. The van der Waals surface area contributed by atoms with Crippen LogP contribution in [-0.4, -0.2) is 62.5 Å². The van der Waals surface area contributed by atoms with Gasteiger partial charge in [0.2, 0.25) is 5.91 Å². The molecule has 10 heteroatoms. The van der Waals surface area contributed by atoms with E-state index in [0.717, 1.165) is 16.7 Å². The van der Waals surface area contributed by atoms with Gasteiger partial charge in [0.1, 0.15) is 42.2 Å². The fourth-order valence-electron chi connectivity index (χ4n) is 6.40. The quantitative estimate of drug-likeness (QED) is 0.174. The average molecular weight is 632 g/mol. The molecule has 8 atom stereocenters. The number of β-lactam (4-membered cyclic amide) rings is 1. The van der Waals surface area contributed by atoms with Crippen molar-refractivity contribution in [2.45, 2.75) is 55.5 Å². The van der Waals surface area contributed by atoms with Gasteiger partial charge in [-0.25, -0.2) is 8.78 Å². The lowest BCUT2D eigenvalue weighted by molar-refractivity contribution is -0.231. The van der Waals surface area contributed by atoms with E-state index >= 15 is 0 Å². The van der Waals surface area contributed by atoms with Crippen LogP contribution < -0.4 is 4.90 Å². The summed E-state index contributed by atoms with van der Waals surface area (Å²) in [6.45, 7) is -0.507. The number of aliphatic hydroxyl groups is 5. The third-order valence-electron chi connectivity index (χ3n) is 9.04. The predicted molar refractivity (Wildman–Crippen MR) is 165 cm³/mol. The molecule has 6 rings (SSSR count). The molecule has 0 spiro atoms. The Hall–Kier alpha value is -4.03. The van der Waals surface area contributed by atoms with Crippen molar-refractivity contribution in [3.63, 3.8) is 0 Å². The molecule has 2 heterocycles. The summed E-state index contributed by atoms with van der Waals surface area (Å²) in [5.41, 5.74) is 4.32. The van der Waals surface area contributed by atoms with Crippen molar-refractivity contribution >= 4 is 11.6 Å². The van der Waals surface area contributed by atoms with Crippen molar-refractivity contribution in [3.8, 4) is 11.1 Å². The van der Waals surface area contributed by atoms with Gasteiger partial charge in [0.15, 0.2) is 0 Å². The van der Waals surface area contributed by atoms with E-state index in [0.29, 0.717) is 29.7 Å². The number of carbonyl (C=O) groups is 1. The van der Waals surface area contributed by atoms with E-state index in [1.807, 2.05) is 36.4 Å². The molecule has 4 aromatic rings. The SMILES string of the molecule is O=C1[C@@H](CC[C@@H](O)c2ccc(F)cc2)[C@@H](c2ccc(-c3ccc([C@H]4O[C@@H](CO)[C@H](O)[C@@H](O)[C@@H]4O)cc3)cc2)N1c1ccc(F)cc1. The Kier molecular flexibility index (Phi) is 9.28. The van der Waals surface area contributed by atoms with Crippen LogP contribution in [0.25, 0.3) is 11.1 Å². The Morgan fingerprint density at radius 3 is 1.83 bits per heavy atom. The molecule has 240 valence electrons. The van der Waals surface area contributed by atoms with Crippen molar-refractivity contribution in [3.05, 3.63) is 125 Å². The zero-order valence-corrected chi connectivity index (χ0v) is 24.7. The molecule has 0 bridgehead atoms. The number of ether oxygens (including phenoxy) is 1. The van der Waals surface area contributed by atoms with Crippen molar-refractivity contribution in [1.82, 2.24) is 0 Å². The van der Waals surface area contributed by atoms with Crippen molar-refractivity contribution in [2.75, 3.05) is 11.5 Å². The lowest BCUT2D eigenvalue weighted by Gasteiger charge is -2.48. The molecule has 1 amide bonds. The van der Waals surface area contributed by atoms with Crippen LogP contribution in [0.5, 0.6) is 0 Å². The van der Waals surface area contributed by atoms with Gasteiger partial charge in [-0.3, -0.25) is 4.79 Å². The number of halogens is 2. The van der Waals surface area contributed by atoms with Crippen LogP contribution in [0.3, 0.4) is 0 Å². The summed E-state index contributed by atoms with van der Waals surface area (Å²) in [6.07, 6.45) is -6.37. The van der Waals surface area contributed by atoms with E-state index in [1.54, 1.807) is 29.2 Å². The van der Waals surface area contributed by atoms with Crippen molar-refractivity contribution in [1.29, 1.82) is 0 Å². The van der Waals surface area contributed by atoms with Crippen LogP contribution in [0.15, 0.2) is 97.1 Å². The molecule has 0 saturated carbocycles. The van der Waals surface area contributed by atoms with E-state index in [4.69, 9.17) is 4.74 Å². The molecule has 5 N–H and O–H groups in total. The van der Waals surface area contributed by atoms with Gasteiger partial charge in [0.25, 0.3) is 0 Å². The molecule has 0 aliphatic carbocycles. The molecule has 2 fully saturated rings. The van der Waals surface area contributed by atoms with Crippen molar-refractivity contribution < 1.29 is 43.8 Å². The minimum Gasteiger partial charge on any atom is -0.394 e. The van der Waals surface area contributed by atoms with Gasteiger partial charge in [-0.2, -0.15) is 0 Å². The fourth-order valence-corrected chi connectivity index (χ4v) is 6.40. The fraction of sp³-hybridized carbons (Fsp3) is 0.306. The Morgan fingerprint density at radius 2 is 1.26 bits per heavy atom. The number of amides is 1. The molecule has 46 heavy (non-hydrogen) atoms. The number of aliphatic hydroxyl groups excluding tert-OH is 5. The first-order valence-electron chi connectivity index (χ1n) is 15.2. The zero-order chi connectivity index (χ0) is 32.5. The maximum absolute atomic E-state index is 13.7. The summed E-state index contributed by atoms with van der Waals surface area (Å²) < 4.78 is 32.7. The number of hydrogen-bond acceptors (Lipinski definition) is 7. The molecule has 8 nitrogen and oxygen atoms in total. The summed E-state index contributed by atoms with van der Waals surface area (Å²) >= 11 is 0. The first kappa shape index (κ1) is 31.9. The van der Waals surface area contributed by atoms with E-state index in [1.165, 1.54) is 36.4 Å². The van der Waals surface area contributed by atoms with E-state index in [9.17, 15) is 39.1 Å². The third kappa shape index (κ3) is 6.20. The summed E-state index contributed by atoms with van der Waals surface area (Å²) in [5, 5.41) is 50.9. The number of nitrogens with zero attached hydrogens (tertiary/aromatic N) is 1. The number of anilines is 1. The van der Waals surface area contributed by atoms with E-state index in [2.05, 4.69) is 0 Å². The Balaban J connectivity index is 1.20. The highest BCUT2D eigenvalue weighted by molar-refractivity contribution is 6.03. The minimum atomic E-state index is -1.47. The van der Waals surface area contributed by atoms with Gasteiger partial charge in [0.05, 0.1) is 24.7 Å². The maximum Gasteiger partial charge on any atom is 0.233 e. The van der Waals surface area contributed by atoms with Crippen LogP contribution in [-0.2, 0) is 9.53 Å². The highest BCUT2D eigenvalue weighted by atomic mass is 19.1. The molecule has 0 radical (unpaired) electrons. The highest BCUT2D eigenvalue weighted by Gasteiger charge is 2.48. The van der Waals surface area contributed by atoms with Crippen LogP contribution in [0, 0.1) is 17.6 Å². The van der Waals surface area contributed by atoms with Gasteiger partial charge in [-0.05, 0) is 77.1 Å². The standard InChI is InChI=1S/C36H35F2NO7/c37-25-11-9-22(10-12-25)29(41)18-17-28-31(39(36(28)45)27-15-13-26(38)14-16-27)23-5-1-20(2-6-23)21-3-7-24(8-4-21)35-34(44)33(43)32(42)30(19-40)46-35/h1-16,28-35,40-44H,17-19H2/t28-,29+,30-,31+,32-,33+,34-,35+/m0/s1. The van der Waals surface area contributed by atoms with Crippen LogP contribution >= 0.6 is 0 Å². The normalized spacial score (nSPS) is 26.9. The molecule has 2 saturated heterocycles. The van der Waals surface area contributed by atoms with Gasteiger partial charge in [-0.15, -0.1) is 0 Å². The number of hydrogen-bond donors (Lipinski definition) is 5. The number of benzene rings is 4. The third-order valence-corrected chi connectivity index (χ3v) is 9.04. The summed E-state index contributed by atoms with van der Waals surface area (Å²) in [5.74, 6) is -1.36. The molecular weight excluding hydrogens is 596 g/mol. The predicted octanol–water partition coefficient (Wildman–Crippen LogP) is 4.36. The smallest absolute Gasteiger partial charge is 0.233 e. The number of rotatable bonds is 9. The zero-order valence-electron chi connectivity index (χ0n) is 24.7. The van der Waals surface area contributed by atoms with Gasteiger partial charge < -0.3 is 35.2 Å². The second kappa shape index (κ2) is 13.4. The largest absolute Gasteiger partial charge is 0.394 e. The first-order chi connectivity index (χ1) is 22.2.